The summed E-state index contributed by atoms with van der Waals surface area (Å²) in [6.45, 7) is 2.94. The summed E-state index contributed by atoms with van der Waals surface area (Å²) >= 11 is 5.17. The number of halogens is 1. The van der Waals surface area contributed by atoms with Crippen molar-refractivity contribution < 1.29 is 29.0 Å². The fourth-order valence-corrected chi connectivity index (χ4v) is 1.88. The normalized spacial score (nSPS) is 13.4. The number of hydrogen-bond acceptors (Lipinski definition) is 5. The van der Waals surface area contributed by atoms with Crippen LogP contribution in [0.25, 0.3) is 0 Å². The molecular weight excluding hydrogens is 276 g/mol. The fourth-order valence-electron chi connectivity index (χ4n) is 1.82. The lowest BCUT2D eigenvalue weighted by Gasteiger charge is -2.19. The maximum atomic E-state index is 11.3. The highest BCUT2D eigenvalue weighted by molar-refractivity contribution is 6.27. The molecule has 0 aromatic carbocycles. The molecule has 6 nitrogen and oxygen atoms in total. The Morgan fingerprint density at radius 1 is 1.21 bits per heavy atom. The largest absolute Gasteiger partial charge is 0.481 e. The van der Waals surface area contributed by atoms with Gasteiger partial charge in [0.2, 0.25) is 0 Å². The molecule has 0 saturated heterocycles. The van der Waals surface area contributed by atoms with Gasteiger partial charge in [-0.1, -0.05) is 13.3 Å². The van der Waals surface area contributed by atoms with Crippen LogP contribution < -0.4 is 0 Å². The number of carbonyl (C=O) groups is 4. The third kappa shape index (κ3) is 6.33. The molecule has 0 aromatic heterocycles. The maximum Gasteiger partial charge on any atom is 0.328 e. The van der Waals surface area contributed by atoms with Crippen molar-refractivity contribution in [2.24, 2.45) is 11.8 Å². The Morgan fingerprint density at radius 2 is 1.79 bits per heavy atom. The summed E-state index contributed by atoms with van der Waals surface area (Å²) in [5.74, 6) is -5.30. The minimum absolute atomic E-state index is 0.127. The highest BCUT2D eigenvalue weighted by Crippen LogP contribution is 2.23. The van der Waals surface area contributed by atoms with Gasteiger partial charge in [-0.3, -0.25) is 19.2 Å². The van der Waals surface area contributed by atoms with Crippen molar-refractivity contribution in [3.8, 4) is 0 Å². The van der Waals surface area contributed by atoms with Gasteiger partial charge in [0, 0.05) is 6.42 Å². The number of rotatable bonds is 8. The molecule has 0 saturated carbocycles. The number of alkyl halides is 1. The summed E-state index contributed by atoms with van der Waals surface area (Å²) < 4.78 is 4.35. The molecule has 2 unspecified atom stereocenters. The second kappa shape index (κ2) is 8.63. The molecule has 108 valence electrons. The van der Waals surface area contributed by atoms with Crippen molar-refractivity contribution >= 4 is 35.3 Å². The van der Waals surface area contributed by atoms with Gasteiger partial charge in [0.25, 0.3) is 0 Å². The van der Waals surface area contributed by atoms with Gasteiger partial charge in [0.15, 0.2) is 0 Å². The maximum absolute atomic E-state index is 11.3. The smallest absolute Gasteiger partial charge is 0.328 e. The van der Waals surface area contributed by atoms with E-state index in [-0.39, 0.29) is 12.8 Å². The molecule has 1 N–H and O–H groups in total. The quantitative estimate of drug-likeness (QED) is 0.412. The van der Waals surface area contributed by atoms with Crippen LogP contribution in [0, 0.1) is 11.8 Å². The lowest BCUT2D eigenvalue weighted by Crippen LogP contribution is -2.30. The molecule has 19 heavy (non-hydrogen) atoms. The molecule has 0 rings (SSSR count). The summed E-state index contributed by atoms with van der Waals surface area (Å²) in [7, 11) is 0. The molecule has 0 aliphatic heterocycles. The predicted molar refractivity (Wildman–Crippen MR) is 66.6 cm³/mol. The number of carboxylic acids is 1. The highest BCUT2D eigenvalue weighted by Gasteiger charge is 2.31. The SMILES string of the molecule is CCC(CCC(=O)OC(=O)CCl)C(C(C)=O)C(=O)O. The van der Waals surface area contributed by atoms with Gasteiger partial charge in [0.05, 0.1) is 0 Å². The van der Waals surface area contributed by atoms with E-state index < -0.39 is 41.4 Å². The standard InChI is InChI=1S/C12H17ClO6/c1-3-8(11(7(2)14)12(17)18)4-5-9(15)19-10(16)6-13/h8,11H,3-6H2,1-2H3,(H,17,18). The Labute approximate surface area is 116 Å². The second-order valence-electron chi connectivity index (χ2n) is 4.11. The first-order chi connectivity index (χ1) is 8.83. The van der Waals surface area contributed by atoms with Crippen LogP contribution in [0.1, 0.15) is 33.1 Å². The first-order valence-electron chi connectivity index (χ1n) is 5.86. The Balaban J connectivity index is 4.48. The van der Waals surface area contributed by atoms with Crippen molar-refractivity contribution in [1.29, 1.82) is 0 Å². The third-order valence-corrected chi connectivity index (χ3v) is 2.97. The lowest BCUT2D eigenvalue weighted by atomic mass is 9.84. The van der Waals surface area contributed by atoms with E-state index in [1.54, 1.807) is 6.92 Å². The Morgan fingerprint density at radius 3 is 2.16 bits per heavy atom. The zero-order valence-electron chi connectivity index (χ0n) is 10.8. The van der Waals surface area contributed by atoms with Crippen LogP contribution in [-0.4, -0.2) is 34.7 Å². The van der Waals surface area contributed by atoms with Gasteiger partial charge in [-0.2, -0.15) is 0 Å². The zero-order valence-corrected chi connectivity index (χ0v) is 11.6. The van der Waals surface area contributed by atoms with Crippen LogP contribution in [0.15, 0.2) is 0 Å². The Hall–Kier alpha value is -1.43. The minimum Gasteiger partial charge on any atom is -0.481 e. The third-order valence-electron chi connectivity index (χ3n) is 2.76. The number of carboxylic acid groups (broad SMARTS) is 1. The Bertz CT molecular complexity index is 351. The summed E-state index contributed by atoms with van der Waals surface area (Å²) in [5.41, 5.74) is 0. The second-order valence-corrected chi connectivity index (χ2v) is 4.38. The number of carbonyl (C=O) groups excluding carboxylic acids is 3. The van der Waals surface area contributed by atoms with Crippen molar-refractivity contribution in [1.82, 2.24) is 0 Å². The number of hydrogen-bond donors (Lipinski definition) is 1. The number of esters is 2. The number of Topliss-reactive ketones (excluding diaryl/α,β-unsaturated/α-hetero) is 1. The van der Waals surface area contributed by atoms with Crippen LogP contribution in [0.2, 0.25) is 0 Å². The van der Waals surface area contributed by atoms with Crippen LogP contribution >= 0.6 is 11.6 Å². The van der Waals surface area contributed by atoms with Crippen LogP contribution in [0.5, 0.6) is 0 Å². The van der Waals surface area contributed by atoms with E-state index >= 15 is 0 Å². The van der Waals surface area contributed by atoms with Crippen molar-refractivity contribution in [2.45, 2.75) is 33.1 Å². The van der Waals surface area contributed by atoms with E-state index in [9.17, 15) is 19.2 Å². The Kier molecular flexibility index (Phi) is 7.98. The molecule has 0 aliphatic carbocycles. The van der Waals surface area contributed by atoms with Gasteiger partial charge in [0.1, 0.15) is 17.6 Å². The summed E-state index contributed by atoms with van der Waals surface area (Å²) in [5, 5.41) is 8.99. The van der Waals surface area contributed by atoms with Crippen LogP contribution in [0.3, 0.4) is 0 Å². The van der Waals surface area contributed by atoms with E-state index in [1.807, 2.05) is 0 Å². The number of aliphatic carboxylic acids is 1. The fraction of sp³-hybridized carbons (Fsp3) is 0.667. The van der Waals surface area contributed by atoms with Crippen molar-refractivity contribution in [2.75, 3.05) is 5.88 Å². The van der Waals surface area contributed by atoms with Gasteiger partial charge < -0.3 is 9.84 Å². The van der Waals surface area contributed by atoms with E-state index in [4.69, 9.17) is 16.7 Å². The van der Waals surface area contributed by atoms with E-state index in [1.165, 1.54) is 6.92 Å². The van der Waals surface area contributed by atoms with Gasteiger partial charge in [-0.15, -0.1) is 11.6 Å². The molecule has 2 atom stereocenters. The number of ether oxygens (including phenoxy) is 1. The van der Waals surface area contributed by atoms with E-state index in [0.29, 0.717) is 6.42 Å². The average molecular weight is 293 g/mol. The average Bonchev–Trinajstić information content (AvgIpc) is 2.32. The van der Waals surface area contributed by atoms with Crippen LogP contribution in [0.4, 0.5) is 0 Å². The van der Waals surface area contributed by atoms with E-state index in [0.717, 1.165) is 0 Å². The first-order valence-corrected chi connectivity index (χ1v) is 6.39. The summed E-state index contributed by atoms with van der Waals surface area (Å²) in [4.78, 5) is 44.3. The molecule has 0 bridgehead atoms. The van der Waals surface area contributed by atoms with Gasteiger partial charge in [-0.25, -0.2) is 0 Å². The molecule has 0 aliphatic rings. The molecule has 0 fully saturated rings. The lowest BCUT2D eigenvalue weighted by molar-refractivity contribution is -0.159. The van der Waals surface area contributed by atoms with Crippen molar-refractivity contribution in [3.05, 3.63) is 0 Å². The number of ketones is 1. The first kappa shape index (κ1) is 17.6. The summed E-state index contributed by atoms with van der Waals surface area (Å²) in [6, 6.07) is 0. The topological polar surface area (TPSA) is 97.7 Å². The summed E-state index contributed by atoms with van der Waals surface area (Å²) in [6.07, 6.45) is 0.479. The van der Waals surface area contributed by atoms with Crippen LogP contribution in [-0.2, 0) is 23.9 Å². The predicted octanol–water partition coefficient (Wildman–Crippen LogP) is 1.39. The molecule has 0 amide bonds. The van der Waals surface area contributed by atoms with Gasteiger partial charge >= 0.3 is 17.9 Å². The molecule has 0 radical (unpaired) electrons. The molecule has 0 heterocycles. The minimum atomic E-state index is -1.20. The molecule has 0 aromatic rings. The van der Waals surface area contributed by atoms with Gasteiger partial charge in [-0.05, 0) is 19.3 Å². The molecule has 0 spiro atoms. The molecular formula is C12H17ClO6. The van der Waals surface area contributed by atoms with Crippen molar-refractivity contribution in [3.63, 3.8) is 0 Å². The highest BCUT2D eigenvalue weighted by atomic mass is 35.5. The van der Waals surface area contributed by atoms with E-state index in [2.05, 4.69) is 4.74 Å². The monoisotopic (exact) mass is 292 g/mol. The molecule has 7 heteroatoms. The zero-order chi connectivity index (χ0) is 15.0.